The molecule has 0 aromatic heterocycles. The zero-order valence-electron chi connectivity index (χ0n) is 11.0. The van der Waals surface area contributed by atoms with E-state index in [9.17, 15) is 10.2 Å². The molecule has 1 unspecified atom stereocenters. The molecule has 0 saturated heterocycles. The minimum absolute atomic E-state index is 0.0878. The Kier molecular flexibility index (Phi) is 4.19. The average molecular weight is 304 g/mol. The van der Waals surface area contributed by atoms with Crippen LogP contribution in [-0.2, 0) is 4.79 Å². The summed E-state index contributed by atoms with van der Waals surface area (Å²) in [7, 11) is 0. The fourth-order valence-electron chi connectivity index (χ4n) is 2.40. The first-order chi connectivity index (χ1) is 9.45. The van der Waals surface area contributed by atoms with Crippen LogP contribution in [0.15, 0.2) is 41.1 Å². The molecule has 0 bridgehead atoms. The largest absolute Gasteiger partial charge is 0.763 e. The molecule has 0 amide bonds. The second-order valence-corrected chi connectivity index (χ2v) is 5.41. The van der Waals surface area contributed by atoms with Gasteiger partial charge in [-0.1, -0.05) is 36.0 Å². The number of benzene rings is 1. The third kappa shape index (κ3) is 2.59. The first kappa shape index (κ1) is 14.7. The van der Waals surface area contributed by atoms with Gasteiger partial charge in [0.25, 0.3) is 0 Å². The normalized spacial score (nSPS) is 18.6. The smallest absolute Gasteiger partial charge is 0.158 e. The van der Waals surface area contributed by atoms with Gasteiger partial charge in [0.2, 0.25) is 0 Å². The van der Waals surface area contributed by atoms with Crippen LogP contribution in [0.3, 0.4) is 0 Å². The van der Waals surface area contributed by atoms with Crippen LogP contribution in [0.2, 0.25) is 5.02 Å². The zero-order chi connectivity index (χ0) is 14.9. The maximum Gasteiger partial charge on any atom is 0.158 e. The summed E-state index contributed by atoms with van der Waals surface area (Å²) in [6.45, 7) is 3.27. The number of carbonyl (C=O) groups is 1. The van der Waals surface area contributed by atoms with E-state index in [2.05, 4.69) is 11.2 Å². The molecule has 20 heavy (non-hydrogen) atoms. The van der Waals surface area contributed by atoms with Crippen molar-refractivity contribution in [2.24, 2.45) is 0 Å². The monoisotopic (exact) mass is 303 g/mol. The molecule has 3 nitrogen and oxygen atoms in total. The summed E-state index contributed by atoms with van der Waals surface area (Å²) in [5, 5.41) is 12.9. The van der Waals surface area contributed by atoms with E-state index in [4.69, 9.17) is 23.8 Å². The van der Waals surface area contributed by atoms with Crippen molar-refractivity contribution in [3.63, 3.8) is 0 Å². The number of rotatable bonds is 2. The molecule has 0 aliphatic carbocycles. The number of hydrogen-bond acceptors (Lipinski definition) is 2. The number of ketones is 1. The summed E-state index contributed by atoms with van der Waals surface area (Å²) >= 11 is 11.2. The van der Waals surface area contributed by atoms with Gasteiger partial charge in [-0.2, -0.15) is 0 Å². The maximum absolute atomic E-state index is 11.9. The lowest BCUT2D eigenvalue weighted by Gasteiger charge is -2.30. The van der Waals surface area contributed by atoms with Crippen LogP contribution in [0.1, 0.15) is 25.3 Å². The van der Waals surface area contributed by atoms with E-state index in [0.29, 0.717) is 26.9 Å². The minimum Gasteiger partial charge on any atom is -0.763 e. The highest BCUT2D eigenvalue weighted by molar-refractivity contribution is 7.80. The molecule has 1 atom stereocenters. The SMILES string of the molecule is CC(=O)C1=C(C)NC(=S)C(=C=[N-])C1c1cccc(Cl)c1. The predicted octanol–water partition coefficient (Wildman–Crippen LogP) is 3.38. The molecule has 5 heteroatoms. The molecule has 1 aliphatic heterocycles. The second kappa shape index (κ2) is 5.71. The van der Waals surface area contributed by atoms with Gasteiger partial charge in [0, 0.05) is 27.8 Å². The van der Waals surface area contributed by atoms with Crippen molar-refractivity contribution >= 4 is 40.5 Å². The summed E-state index contributed by atoms with van der Waals surface area (Å²) in [5.74, 6) is 1.57. The van der Waals surface area contributed by atoms with Crippen LogP contribution in [-0.4, -0.2) is 16.6 Å². The molecule has 0 spiro atoms. The van der Waals surface area contributed by atoms with Gasteiger partial charge in [0.05, 0.1) is 0 Å². The van der Waals surface area contributed by atoms with Crippen molar-refractivity contribution in [2.45, 2.75) is 19.8 Å². The Morgan fingerprint density at radius 3 is 2.75 bits per heavy atom. The summed E-state index contributed by atoms with van der Waals surface area (Å²) in [6.07, 6.45) is 0. The van der Waals surface area contributed by atoms with Gasteiger partial charge >= 0.3 is 0 Å². The van der Waals surface area contributed by atoms with E-state index < -0.39 is 5.92 Å². The molecule has 2 rings (SSSR count). The van der Waals surface area contributed by atoms with Gasteiger partial charge in [-0.05, 0) is 31.5 Å². The Morgan fingerprint density at radius 2 is 2.20 bits per heavy atom. The standard InChI is InChI=1S/C15H12ClN2OS/c1-8-13(9(2)19)14(12(7-17)15(20)18-8)10-4-3-5-11(16)6-10/h3-6,14H,1-2H3,(H,18,20)/q-1. The molecule has 1 aromatic rings. The fraction of sp³-hybridized carbons (Fsp3) is 0.200. The third-order valence-corrected chi connectivity index (χ3v) is 3.77. The van der Waals surface area contributed by atoms with Gasteiger partial charge in [0.1, 0.15) is 4.99 Å². The third-order valence-electron chi connectivity index (χ3n) is 3.21. The van der Waals surface area contributed by atoms with Crippen LogP contribution in [0.5, 0.6) is 0 Å². The Morgan fingerprint density at radius 1 is 1.50 bits per heavy atom. The topological polar surface area (TPSA) is 51.4 Å². The second-order valence-electron chi connectivity index (χ2n) is 4.56. The molecule has 102 valence electrons. The molecule has 1 heterocycles. The van der Waals surface area contributed by atoms with Gasteiger partial charge < -0.3 is 10.7 Å². The summed E-state index contributed by atoms with van der Waals surface area (Å²) < 4.78 is 0. The molecule has 0 fully saturated rings. The number of hydrogen-bond donors (Lipinski definition) is 1. The molecule has 0 saturated carbocycles. The van der Waals surface area contributed by atoms with Gasteiger partial charge in [0.15, 0.2) is 5.78 Å². The number of nitrogens with zero attached hydrogens (tertiary/aromatic N) is 1. The predicted molar refractivity (Wildman–Crippen MR) is 85.2 cm³/mol. The van der Waals surface area contributed by atoms with Crippen molar-refractivity contribution < 1.29 is 4.79 Å². The Balaban J connectivity index is 2.71. The highest BCUT2D eigenvalue weighted by Gasteiger charge is 2.31. The first-order valence-corrected chi connectivity index (χ1v) is 6.79. The minimum atomic E-state index is -0.454. The number of carbonyl (C=O) groups excluding carboxylic acids is 1. The molecule has 1 aliphatic rings. The fourth-order valence-corrected chi connectivity index (χ4v) is 2.91. The molecular formula is C15H12ClN2OS-. The number of thiocarbonyl (C=S) groups is 1. The van der Waals surface area contributed by atoms with Gasteiger partial charge in [-0.15, -0.1) is 0 Å². The van der Waals surface area contributed by atoms with Crippen molar-refractivity contribution in [1.82, 2.24) is 5.32 Å². The van der Waals surface area contributed by atoms with E-state index in [-0.39, 0.29) is 5.78 Å². The summed E-state index contributed by atoms with van der Waals surface area (Å²) in [5.41, 5.74) is 2.41. The van der Waals surface area contributed by atoms with Crippen LogP contribution >= 0.6 is 23.8 Å². The molecule has 1 aromatic carbocycles. The highest BCUT2D eigenvalue weighted by atomic mass is 35.5. The molecule has 0 radical (unpaired) electrons. The van der Waals surface area contributed by atoms with E-state index >= 15 is 0 Å². The number of allylic oxidation sites excluding steroid dienone is 2. The summed E-state index contributed by atoms with van der Waals surface area (Å²) in [6, 6.07) is 7.15. The zero-order valence-corrected chi connectivity index (χ0v) is 12.6. The average Bonchev–Trinajstić information content (AvgIpc) is 2.37. The maximum atomic E-state index is 11.9. The molecule has 1 N–H and O–H groups in total. The quantitative estimate of drug-likeness (QED) is 0.518. The summed E-state index contributed by atoms with van der Waals surface area (Å²) in [4.78, 5) is 12.3. The Labute approximate surface area is 127 Å². The Hall–Kier alpha value is -1.74. The lowest BCUT2D eigenvalue weighted by Crippen LogP contribution is -2.34. The van der Waals surface area contributed by atoms with Crippen LogP contribution in [0.4, 0.5) is 0 Å². The Bertz CT molecular complexity index is 687. The van der Waals surface area contributed by atoms with Gasteiger partial charge in [-0.25, -0.2) is 0 Å². The number of Topliss-reactive ketones (excluding diaryl/α,β-unsaturated/α-hetero) is 1. The van der Waals surface area contributed by atoms with Gasteiger partial charge in [-0.3, -0.25) is 10.7 Å². The lowest BCUT2D eigenvalue weighted by molar-refractivity contribution is -0.113. The highest BCUT2D eigenvalue weighted by Crippen LogP contribution is 2.37. The lowest BCUT2D eigenvalue weighted by atomic mass is 9.80. The van der Waals surface area contributed by atoms with E-state index in [0.717, 1.165) is 5.56 Å². The van der Waals surface area contributed by atoms with Crippen molar-refractivity contribution in [3.8, 4) is 0 Å². The van der Waals surface area contributed by atoms with Crippen LogP contribution in [0.25, 0.3) is 5.41 Å². The van der Waals surface area contributed by atoms with Crippen molar-refractivity contribution in [1.29, 1.82) is 0 Å². The van der Waals surface area contributed by atoms with Crippen molar-refractivity contribution in [3.05, 3.63) is 57.1 Å². The number of nitrogens with one attached hydrogen (secondary N) is 1. The van der Waals surface area contributed by atoms with Crippen LogP contribution < -0.4 is 5.32 Å². The molecular weight excluding hydrogens is 292 g/mol. The van der Waals surface area contributed by atoms with E-state index in [1.54, 1.807) is 25.1 Å². The van der Waals surface area contributed by atoms with E-state index in [1.807, 2.05) is 6.07 Å². The first-order valence-electron chi connectivity index (χ1n) is 6.01. The van der Waals surface area contributed by atoms with Crippen LogP contribution in [0, 0.1) is 0 Å². The van der Waals surface area contributed by atoms with Crippen molar-refractivity contribution in [2.75, 3.05) is 0 Å². The number of halogens is 1. The van der Waals surface area contributed by atoms with E-state index in [1.165, 1.54) is 6.92 Å².